The van der Waals surface area contributed by atoms with E-state index in [4.69, 9.17) is 9.15 Å². The summed E-state index contributed by atoms with van der Waals surface area (Å²) in [6, 6.07) is 9.16. The minimum Gasteiger partial charge on any atom is -0.480 e. The molecule has 1 aromatic carbocycles. The van der Waals surface area contributed by atoms with E-state index in [-0.39, 0.29) is 12.5 Å². The third-order valence-corrected chi connectivity index (χ3v) is 3.75. The lowest BCUT2D eigenvalue weighted by Gasteiger charge is -2.10. The van der Waals surface area contributed by atoms with E-state index in [1.165, 1.54) is 7.11 Å². The number of hydrogen-bond donors (Lipinski definition) is 1. The first-order valence-electron chi connectivity index (χ1n) is 7.28. The molecule has 2 heterocycles. The highest BCUT2D eigenvalue weighted by Crippen LogP contribution is 2.28. The highest BCUT2D eigenvalue weighted by molar-refractivity contribution is 5.90. The Morgan fingerprint density at radius 2 is 2.13 bits per heavy atom. The van der Waals surface area contributed by atoms with Gasteiger partial charge >= 0.3 is 5.97 Å². The third kappa shape index (κ3) is 3.06. The number of nitrogens with one attached hydrogen (secondary N) is 1. The predicted octanol–water partition coefficient (Wildman–Crippen LogP) is 1.99. The van der Waals surface area contributed by atoms with Crippen LogP contribution in [0.1, 0.15) is 27.4 Å². The van der Waals surface area contributed by atoms with Gasteiger partial charge in [0.2, 0.25) is 0 Å². The Morgan fingerprint density at radius 1 is 1.35 bits per heavy atom. The topological polar surface area (TPSA) is 77.8 Å². The first-order valence-corrected chi connectivity index (χ1v) is 7.28. The molecular formula is C17H17NO5. The van der Waals surface area contributed by atoms with E-state index < -0.39 is 12.1 Å². The molecule has 0 radical (unpaired) electrons. The monoisotopic (exact) mass is 315 g/mol. The summed E-state index contributed by atoms with van der Waals surface area (Å²) in [5.74, 6) is 1.03. The summed E-state index contributed by atoms with van der Waals surface area (Å²) < 4.78 is 15.7. The van der Waals surface area contributed by atoms with E-state index >= 15 is 0 Å². The Bertz CT molecular complexity index is 724. The van der Waals surface area contributed by atoms with Crippen molar-refractivity contribution in [2.24, 2.45) is 0 Å². The number of amides is 1. The van der Waals surface area contributed by atoms with Gasteiger partial charge in [0.1, 0.15) is 22.8 Å². The normalized spacial score (nSPS) is 15.7. The average molecular weight is 315 g/mol. The first kappa shape index (κ1) is 15.1. The third-order valence-electron chi connectivity index (χ3n) is 3.75. The molecule has 1 atom stereocenters. The molecular weight excluding hydrogens is 298 g/mol. The fraction of sp³-hybridized carbons (Fsp3) is 0.294. The van der Waals surface area contributed by atoms with Crippen molar-refractivity contribution in [1.82, 2.24) is 5.32 Å². The van der Waals surface area contributed by atoms with Crippen LogP contribution < -0.4 is 10.1 Å². The Hall–Kier alpha value is -2.76. The van der Waals surface area contributed by atoms with Crippen LogP contribution in [0.25, 0.3) is 0 Å². The molecule has 0 fully saturated rings. The summed E-state index contributed by atoms with van der Waals surface area (Å²) in [6.07, 6.45) is 0.00982. The highest BCUT2D eigenvalue weighted by Gasteiger charge is 2.28. The summed E-state index contributed by atoms with van der Waals surface area (Å²) in [5.41, 5.74) is 1.38. The largest absolute Gasteiger partial charge is 0.480 e. The summed E-state index contributed by atoms with van der Waals surface area (Å²) >= 11 is 0. The maximum Gasteiger partial charge on any atom is 0.341 e. The van der Waals surface area contributed by atoms with Crippen LogP contribution in [-0.2, 0) is 22.5 Å². The number of furan rings is 1. The zero-order chi connectivity index (χ0) is 16.4. The quantitative estimate of drug-likeness (QED) is 0.873. The van der Waals surface area contributed by atoms with Crippen LogP contribution in [0.15, 0.2) is 34.7 Å². The maximum atomic E-state index is 12.2. The van der Waals surface area contributed by atoms with Crippen LogP contribution >= 0.6 is 0 Å². The van der Waals surface area contributed by atoms with Crippen molar-refractivity contribution in [3.63, 3.8) is 0 Å². The lowest BCUT2D eigenvalue weighted by atomic mass is 10.1. The maximum absolute atomic E-state index is 12.2. The van der Waals surface area contributed by atoms with Crippen LogP contribution in [0, 0.1) is 6.92 Å². The molecule has 1 amide bonds. The highest BCUT2D eigenvalue weighted by atomic mass is 16.5. The second kappa shape index (κ2) is 6.16. The molecule has 6 nitrogen and oxygen atoms in total. The molecule has 0 spiro atoms. The fourth-order valence-electron chi connectivity index (χ4n) is 2.56. The van der Waals surface area contributed by atoms with Crippen LogP contribution in [0.5, 0.6) is 5.75 Å². The summed E-state index contributed by atoms with van der Waals surface area (Å²) in [6.45, 7) is 1.86. The van der Waals surface area contributed by atoms with Crippen molar-refractivity contribution < 1.29 is 23.5 Å². The Labute approximate surface area is 133 Å². The van der Waals surface area contributed by atoms with Gasteiger partial charge in [0, 0.05) is 6.42 Å². The number of hydrogen-bond acceptors (Lipinski definition) is 5. The van der Waals surface area contributed by atoms with E-state index in [2.05, 4.69) is 10.1 Å². The van der Waals surface area contributed by atoms with Crippen LogP contribution in [0.4, 0.5) is 0 Å². The molecule has 0 bridgehead atoms. The molecule has 1 N–H and O–H groups in total. The zero-order valence-electron chi connectivity index (χ0n) is 12.9. The van der Waals surface area contributed by atoms with E-state index in [0.29, 0.717) is 23.5 Å². The van der Waals surface area contributed by atoms with Crippen LogP contribution in [-0.4, -0.2) is 25.1 Å². The standard InChI is InChI=1S/C17H17NO5/c1-10-13(17(20)21-2)8-12(22-10)9-18-16(19)15-7-11-5-3-4-6-14(11)23-15/h3-6,8,15H,7,9H2,1-2H3,(H,18,19)/t15-/m0/s1. The van der Waals surface area contributed by atoms with E-state index in [0.717, 1.165) is 11.3 Å². The average Bonchev–Trinajstić information content (AvgIpc) is 3.15. The van der Waals surface area contributed by atoms with Gasteiger partial charge in [-0.2, -0.15) is 0 Å². The number of fused-ring (bicyclic) bond motifs is 1. The number of aryl methyl sites for hydroxylation is 1. The predicted molar refractivity (Wildman–Crippen MR) is 81.2 cm³/mol. The molecule has 1 aliphatic rings. The van der Waals surface area contributed by atoms with Crippen LogP contribution in [0.2, 0.25) is 0 Å². The summed E-state index contributed by atoms with van der Waals surface area (Å²) in [5, 5.41) is 2.76. The van der Waals surface area contributed by atoms with Crippen molar-refractivity contribution in [3.05, 3.63) is 53.0 Å². The number of esters is 1. The lowest BCUT2D eigenvalue weighted by Crippen LogP contribution is -2.36. The van der Waals surface area contributed by atoms with Crippen molar-refractivity contribution in [2.45, 2.75) is 26.0 Å². The van der Waals surface area contributed by atoms with Gasteiger partial charge in [-0.05, 0) is 24.6 Å². The molecule has 0 aliphatic carbocycles. The minimum atomic E-state index is -0.538. The van der Waals surface area contributed by atoms with E-state index in [9.17, 15) is 9.59 Å². The molecule has 0 saturated heterocycles. The Balaban J connectivity index is 1.59. The SMILES string of the molecule is COC(=O)c1cc(CNC(=O)[C@@H]2Cc3ccccc3O2)oc1C. The van der Waals surface area contributed by atoms with Crippen molar-refractivity contribution in [3.8, 4) is 5.75 Å². The minimum absolute atomic E-state index is 0.187. The van der Waals surface area contributed by atoms with Gasteiger partial charge in [0.15, 0.2) is 6.10 Å². The second-order valence-electron chi connectivity index (χ2n) is 5.31. The molecule has 0 unspecified atom stereocenters. The second-order valence-corrected chi connectivity index (χ2v) is 5.31. The number of carbonyl (C=O) groups is 2. The van der Waals surface area contributed by atoms with Crippen molar-refractivity contribution in [1.29, 1.82) is 0 Å². The molecule has 1 aromatic heterocycles. The first-order chi connectivity index (χ1) is 11.1. The van der Waals surface area contributed by atoms with Gasteiger partial charge in [-0.3, -0.25) is 4.79 Å². The molecule has 3 rings (SSSR count). The number of carbonyl (C=O) groups excluding carboxylic acids is 2. The summed E-state index contributed by atoms with van der Waals surface area (Å²) in [4.78, 5) is 23.7. The molecule has 120 valence electrons. The van der Waals surface area contributed by atoms with Gasteiger partial charge in [-0.1, -0.05) is 18.2 Å². The zero-order valence-corrected chi connectivity index (χ0v) is 12.9. The molecule has 1 aliphatic heterocycles. The van der Waals surface area contributed by atoms with Gasteiger partial charge in [-0.15, -0.1) is 0 Å². The van der Waals surface area contributed by atoms with Gasteiger partial charge in [-0.25, -0.2) is 4.79 Å². The molecule has 2 aromatic rings. The smallest absolute Gasteiger partial charge is 0.341 e. The molecule has 23 heavy (non-hydrogen) atoms. The van der Waals surface area contributed by atoms with Gasteiger partial charge < -0.3 is 19.2 Å². The van der Waals surface area contributed by atoms with E-state index in [1.807, 2.05) is 24.3 Å². The van der Waals surface area contributed by atoms with Crippen LogP contribution in [0.3, 0.4) is 0 Å². The lowest BCUT2D eigenvalue weighted by molar-refractivity contribution is -0.127. The molecule has 6 heteroatoms. The van der Waals surface area contributed by atoms with Crippen molar-refractivity contribution in [2.75, 3.05) is 7.11 Å². The fourth-order valence-corrected chi connectivity index (χ4v) is 2.56. The number of benzene rings is 1. The van der Waals surface area contributed by atoms with Gasteiger partial charge in [0.25, 0.3) is 5.91 Å². The molecule has 0 saturated carbocycles. The number of rotatable bonds is 4. The van der Waals surface area contributed by atoms with E-state index in [1.54, 1.807) is 13.0 Å². The van der Waals surface area contributed by atoms with Gasteiger partial charge in [0.05, 0.1) is 13.7 Å². The summed E-state index contributed by atoms with van der Waals surface area (Å²) in [7, 11) is 1.31. The number of para-hydroxylation sites is 1. The van der Waals surface area contributed by atoms with Crippen molar-refractivity contribution >= 4 is 11.9 Å². The Kier molecular flexibility index (Phi) is 4.06. The number of ether oxygens (including phenoxy) is 2. The number of methoxy groups -OCH3 is 1. The Morgan fingerprint density at radius 3 is 2.87 bits per heavy atom.